The first kappa shape index (κ1) is 26.4. The van der Waals surface area contributed by atoms with Crippen molar-refractivity contribution in [1.29, 1.82) is 0 Å². The summed E-state index contributed by atoms with van der Waals surface area (Å²) in [7, 11) is 1.82. The van der Waals surface area contributed by atoms with Gasteiger partial charge in [0.25, 0.3) is 0 Å². The molecule has 1 unspecified atom stereocenters. The number of morpholine rings is 1. The van der Waals surface area contributed by atoms with Crippen molar-refractivity contribution in [2.75, 3.05) is 38.2 Å². The van der Waals surface area contributed by atoms with Gasteiger partial charge >= 0.3 is 0 Å². The Kier molecular flexibility index (Phi) is 10.7. The minimum absolute atomic E-state index is 0. The SMILES string of the molecule is CCC(CC)(CNC(=NC)NCc1ccnc(N2CCOC(C)C2)c1)c1ccccc1.I. The molecule has 1 atom stereocenters. The van der Waals surface area contributed by atoms with Crippen molar-refractivity contribution in [2.24, 2.45) is 4.99 Å². The van der Waals surface area contributed by atoms with E-state index in [0.717, 1.165) is 50.9 Å². The fourth-order valence-corrected chi connectivity index (χ4v) is 4.23. The van der Waals surface area contributed by atoms with Gasteiger partial charge in [-0.1, -0.05) is 44.2 Å². The standard InChI is InChI=1S/C25H37N5O.HI/c1-5-25(6-2,22-10-8-7-9-11-22)19-29-24(26-4)28-17-21-12-13-27-23(16-21)30-14-15-31-20(3)18-30;/h7-13,16,20H,5-6,14-15,17-19H2,1-4H3,(H2,26,28,29);1H. The fourth-order valence-electron chi connectivity index (χ4n) is 4.23. The molecule has 0 radical (unpaired) electrons. The highest BCUT2D eigenvalue weighted by Crippen LogP contribution is 2.30. The number of ether oxygens (including phenoxy) is 1. The van der Waals surface area contributed by atoms with Gasteiger partial charge in [-0.15, -0.1) is 24.0 Å². The number of nitrogens with one attached hydrogen (secondary N) is 2. The van der Waals surface area contributed by atoms with Crippen molar-refractivity contribution in [1.82, 2.24) is 15.6 Å². The predicted octanol–water partition coefficient (Wildman–Crippen LogP) is 4.35. The zero-order chi connectivity index (χ0) is 22.1. The summed E-state index contributed by atoms with van der Waals surface area (Å²) >= 11 is 0. The molecule has 1 saturated heterocycles. The van der Waals surface area contributed by atoms with Gasteiger partial charge < -0.3 is 20.3 Å². The number of hydrogen-bond donors (Lipinski definition) is 2. The summed E-state index contributed by atoms with van der Waals surface area (Å²) in [5.41, 5.74) is 2.66. The Morgan fingerprint density at radius 1 is 1.19 bits per heavy atom. The predicted molar refractivity (Wildman–Crippen MR) is 144 cm³/mol. The maximum Gasteiger partial charge on any atom is 0.191 e. The molecule has 2 N–H and O–H groups in total. The summed E-state index contributed by atoms with van der Waals surface area (Å²) < 4.78 is 5.65. The summed E-state index contributed by atoms with van der Waals surface area (Å²) in [6.45, 7) is 10.7. The molecule has 7 heteroatoms. The summed E-state index contributed by atoms with van der Waals surface area (Å²) in [6.07, 6.45) is 4.27. The number of rotatable bonds is 8. The molecule has 0 spiro atoms. The second kappa shape index (κ2) is 13.0. The number of anilines is 1. The summed E-state index contributed by atoms with van der Waals surface area (Å²) in [5.74, 6) is 1.83. The highest BCUT2D eigenvalue weighted by atomic mass is 127. The van der Waals surface area contributed by atoms with Gasteiger partial charge in [-0.3, -0.25) is 4.99 Å². The number of nitrogens with zero attached hydrogens (tertiary/aromatic N) is 3. The van der Waals surface area contributed by atoms with E-state index in [1.165, 1.54) is 11.1 Å². The van der Waals surface area contributed by atoms with Crippen LogP contribution in [0.5, 0.6) is 0 Å². The van der Waals surface area contributed by atoms with Crippen LogP contribution in [-0.2, 0) is 16.7 Å². The minimum atomic E-state index is 0. The zero-order valence-corrected chi connectivity index (χ0v) is 22.1. The molecule has 2 aromatic rings. The van der Waals surface area contributed by atoms with Crippen molar-refractivity contribution >= 4 is 35.8 Å². The normalized spacial score (nSPS) is 16.9. The van der Waals surface area contributed by atoms with Crippen LogP contribution < -0.4 is 15.5 Å². The first-order valence-corrected chi connectivity index (χ1v) is 11.4. The molecule has 0 saturated carbocycles. The molecule has 0 aliphatic carbocycles. The van der Waals surface area contributed by atoms with Crippen LogP contribution in [0.2, 0.25) is 0 Å². The molecular formula is C25H38IN5O. The van der Waals surface area contributed by atoms with Gasteiger partial charge in [-0.25, -0.2) is 4.98 Å². The number of hydrogen-bond acceptors (Lipinski definition) is 4. The third-order valence-corrected chi connectivity index (χ3v) is 6.39. The van der Waals surface area contributed by atoms with Crippen LogP contribution >= 0.6 is 24.0 Å². The van der Waals surface area contributed by atoms with Crippen LogP contribution in [0.3, 0.4) is 0 Å². The average Bonchev–Trinajstić information content (AvgIpc) is 2.82. The largest absolute Gasteiger partial charge is 0.375 e. The van der Waals surface area contributed by atoms with Gasteiger partial charge in [0.05, 0.1) is 12.7 Å². The van der Waals surface area contributed by atoms with Gasteiger partial charge in [0.1, 0.15) is 5.82 Å². The summed E-state index contributed by atoms with van der Waals surface area (Å²) in [4.78, 5) is 11.3. The van der Waals surface area contributed by atoms with Crippen molar-refractivity contribution in [2.45, 2.75) is 51.7 Å². The van der Waals surface area contributed by atoms with Crippen LogP contribution in [0.25, 0.3) is 0 Å². The Labute approximate surface area is 210 Å². The van der Waals surface area contributed by atoms with Crippen LogP contribution in [-0.4, -0.2) is 50.3 Å². The number of aromatic nitrogens is 1. The molecular weight excluding hydrogens is 513 g/mol. The minimum Gasteiger partial charge on any atom is -0.375 e. The summed E-state index contributed by atoms with van der Waals surface area (Å²) in [5, 5.41) is 7.03. The Bertz CT molecular complexity index is 841. The van der Waals surface area contributed by atoms with Crippen molar-refractivity contribution in [3.8, 4) is 0 Å². The maximum absolute atomic E-state index is 5.65. The van der Waals surface area contributed by atoms with Gasteiger partial charge in [0, 0.05) is 44.8 Å². The molecule has 1 fully saturated rings. The number of benzene rings is 1. The second-order valence-corrected chi connectivity index (χ2v) is 8.28. The molecule has 1 aromatic heterocycles. The van der Waals surface area contributed by atoms with E-state index in [0.29, 0.717) is 6.54 Å². The third-order valence-electron chi connectivity index (χ3n) is 6.39. The molecule has 1 aliphatic heterocycles. The topological polar surface area (TPSA) is 61.8 Å². The molecule has 6 nitrogen and oxygen atoms in total. The van der Waals surface area contributed by atoms with E-state index in [-0.39, 0.29) is 35.5 Å². The molecule has 0 amide bonds. The van der Waals surface area contributed by atoms with Crippen LogP contribution in [0.1, 0.15) is 44.7 Å². The second-order valence-electron chi connectivity index (χ2n) is 8.28. The lowest BCUT2D eigenvalue weighted by molar-refractivity contribution is 0.0529. The molecule has 32 heavy (non-hydrogen) atoms. The van der Waals surface area contributed by atoms with E-state index in [1.807, 2.05) is 13.2 Å². The van der Waals surface area contributed by atoms with Crippen LogP contribution in [0.4, 0.5) is 5.82 Å². The number of pyridine rings is 1. The van der Waals surface area contributed by atoms with E-state index in [2.05, 4.69) is 88.7 Å². The quantitative estimate of drug-likeness (QED) is 0.290. The maximum atomic E-state index is 5.65. The monoisotopic (exact) mass is 551 g/mol. The Morgan fingerprint density at radius 2 is 1.94 bits per heavy atom. The lowest BCUT2D eigenvalue weighted by atomic mass is 9.76. The Hall–Kier alpha value is -1.87. The lowest BCUT2D eigenvalue weighted by Crippen LogP contribution is -2.45. The fraction of sp³-hybridized carbons (Fsp3) is 0.520. The van der Waals surface area contributed by atoms with Crippen molar-refractivity contribution in [3.05, 3.63) is 59.8 Å². The molecule has 2 heterocycles. The molecule has 176 valence electrons. The number of halogens is 1. The van der Waals surface area contributed by atoms with Gasteiger partial charge in [-0.05, 0) is 43.0 Å². The van der Waals surface area contributed by atoms with E-state index in [1.54, 1.807) is 0 Å². The van der Waals surface area contributed by atoms with E-state index < -0.39 is 0 Å². The third kappa shape index (κ3) is 6.81. The molecule has 3 rings (SSSR count). The average molecular weight is 552 g/mol. The Morgan fingerprint density at radius 3 is 2.59 bits per heavy atom. The van der Waals surface area contributed by atoms with Crippen LogP contribution in [0, 0.1) is 0 Å². The zero-order valence-electron chi connectivity index (χ0n) is 19.8. The number of aliphatic imine (C=N–C) groups is 1. The molecule has 1 aliphatic rings. The van der Waals surface area contributed by atoms with E-state index in [4.69, 9.17) is 4.74 Å². The van der Waals surface area contributed by atoms with Gasteiger partial charge in [0.2, 0.25) is 0 Å². The Balaban J connectivity index is 0.00000363. The highest BCUT2D eigenvalue weighted by Gasteiger charge is 2.28. The van der Waals surface area contributed by atoms with Crippen molar-refractivity contribution in [3.63, 3.8) is 0 Å². The lowest BCUT2D eigenvalue weighted by Gasteiger charge is -2.33. The smallest absolute Gasteiger partial charge is 0.191 e. The first-order valence-electron chi connectivity index (χ1n) is 11.4. The first-order chi connectivity index (χ1) is 15.1. The molecule has 0 bridgehead atoms. The number of guanidine groups is 1. The van der Waals surface area contributed by atoms with Gasteiger partial charge in [0.15, 0.2) is 5.96 Å². The van der Waals surface area contributed by atoms with E-state index in [9.17, 15) is 0 Å². The van der Waals surface area contributed by atoms with Crippen LogP contribution in [0.15, 0.2) is 53.7 Å². The summed E-state index contributed by atoms with van der Waals surface area (Å²) in [6, 6.07) is 15.0. The van der Waals surface area contributed by atoms with Crippen molar-refractivity contribution < 1.29 is 4.74 Å². The highest BCUT2D eigenvalue weighted by molar-refractivity contribution is 14.0. The van der Waals surface area contributed by atoms with Gasteiger partial charge in [-0.2, -0.15) is 0 Å². The van der Waals surface area contributed by atoms with E-state index >= 15 is 0 Å². The molecule has 1 aromatic carbocycles.